The summed E-state index contributed by atoms with van der Waals surface area (Å²) in [6.07, 6.45) is 6.51. The van der Waals surface area contributed by atoms with Gasteiger partial charge in [0.05, 0.1) is 0 Å². The maximum atomic E-state index is 12.0. The average molecular weight is 268 g/mol. The minimum atomic E-state index is -3.47. The summed E-state index contributed by atoms with van der Waals surface area (Å²) in [5, 5.41) is 8.67. The summed E-state index contributed by atoms with van der Waals surface area (Å²) in [6, 6.07) is 4.91. The normalized spacial score (nSPS) is 20.1. The van der Waals surface area contributed by atoms with Gasteiger partial charge in [0, 0.05) is 6.04 Å². The molecule has 2 rings (SSSR count). The van der Waals surface area contributed by atoms with Gasteiger partial charge in [-0.15, -0.1) is 11.3 Å². The Bertz CT molecular complexity index is 567. The summed E-state index contributed by atoms with van der Waals surface area (Å²) in [6.45, 7) is 0. The van der Waals surface area contributed by atoms with E-state index in [0.29, 0.717) is 4.88 Å². The van der Waals surface area contributed by atoms with Crippen molar-refractivity contribution in [1.82, 2.24) is 4.72 Å². The highest BCUT2D eigenvalue weighted by Gasteiger charge is 2.21. The van der Waals surface area contributed by atoms with Crippen LogP contribution in [-0.2, 0) is 10.0 Å². The number of hydrogen-bond donors (Lipinski definition) is 1. The summed E-state index contributed by atoms with van der Waals surface area (Å²) in [5.41, 5.74) is 0. The first kappa shape index (κ1) is 12.3. The molecule has 0 aliphatic heterocycles. The highest BCUT2D eigenvalue weighted by molar-refractivity contribution is 7.91. The molecule has 1 unspecified atom stereocenters. The Morgan fingerprint density at radius 1 is 1.41 bits per heavy atom. The first-order chi connectivity index (χ1) is 8.12. The van der Waals surface area contributed by atoms with E-state index < -0.39 is 10.0 Å². The molecule has 1 aromatic heterocycles. The quantitative estimate of drug-likeness (QED) is 0.852. The lowest BCUT2D eigenvalue weighted by Crippen LogP contribution is -2.34. The maximum absolute atomic E-state index is 12.0. The smallest absolute Gasteiger partial charge is 0.207 e. The number of thiophene rings is 1. The Labute approximate surface area is 105 Å². The highest BCUT2D eigenvalue weighted by Crippen LogP contribution is 2.22. The van der Waals surface area contributed by atoms with E-state index in [1.54, 1.807) is 0 Å². The van der Waals surface area contributed by atoms with Crippen molar-refractivity contribution in [2.45, 2.75) is 29.5 Å². The molecule has 0 fully saturated rings. The van der Waals surface area contributed by atoms with Gasteiger partial charge in [0.25, 0.3) is 0 Å². The first-order valence-corrected chi connectivity index (χ1v) is 7.59. The predicted octanol–water partition coefficient (Wildman–Crippen LogP) is 2.01. The van der Waals surface area contributed by atoms with Gasteiger partial charge in [0.15, 0.2) is 0 Å². The van der Waals surface area contributed by atoms with E-state index in [9.17, 15) is 8.42 Å². The first-order valence-electron chi connectivity index (χ1n) is 5.29. The monoisotopic (exact) mass is 268 g/mol. The molecule has 6 heteroatoms. The molecule has 4 nitrogen and oxygen atoms in total. The molecule has 0 radical (unpaired) electrons. The molecule has 17 heavy (non-hydrogen) atoms. The van der Waals surface area contributed by atoms with Gasteiger partial charge in [-0.3, -0.25) is 0 Å². The molecule has 90 valence electrons. The van der Waals surface area contributed by atoms with Gasteiger partial charge < -0.3 is 0 Å². The number of hydrogen-bond acceptors (Lipinski definition) is 4. The van der Waals surface area contributed by atoms with Gasteiger partial charge in [-0.2, -0.15) is 5.26 Å². The van der Waals surface area contributed by atoms with Crippen LogP contribution in [0.25, 0.3) is 0 Å². The number of sulfonamides is 1. The zero-order valence-corrected chi connectivity index (χ0v) is 10.7. The fraction of sp³-hybridized carbons (Fsp3) is 0.364. The van der Waals surface area contributed by atoms with Crippen molar-refractivity contribution >= 4 is 21.4 Å². The van der Waals surface area contributed by atoms with Crippen LogP contribution in [0.1, 0.15) is 24.1 Å². The minimum absolute atomic E-state index is 0.0300. The Kier molecular flexibility index (Phi) is 3.62. The minimum Gasteiger partial charge on any atom is -0.207 e. The second kappa shape index (κ2) is 5.00. The molecule has 0 saturated carbocycles. The van der Waals surface area contributed by atoms with Crippen LogP contribution >= 0.6 is 11.3 Å². The second-order valence-electron chi connectivity index (χ2n) is 3.83. The standard InChI is InChI=1S/C11H12N2O2S2/c12-8-10-6-7-11(16-10)17(14,15)13-9-4-2-1-3-5-9/h1-2,6-7,9,13H,3-5H2. The Balaban J connectivity index is 2.13. The molecule has 1 aliphatic carbocycles. The van der Waals surface area contributed by atoms with Crippen LogP contribution in [0.5, 0.6) is 0 Å². The SMILES string of the molecule is N#Cc1ccc(S(=O)(=O)NC2CC=CCC2)s1. The summed E-state index contributed by atoms with van der Waals surface area (Å²) in [5.74, 6) is 0. The van der Waals surface area contributed by atoms with E-state index in [0.717, 1.165) is 30.6 Å². The zero-order valence-electron chi connectivity index (χ0n) is 9.09. The molecular weight excluding hydrogens is 256 g/mol. The molecule has 1 N–H and O–H groups in total. The van der Waals surface area contributed by atoms with E-state index >= 15 is 0 Å². The largest absolute Gasteiger partial charge is 0.250 e. The van der Waals surface area contributed by atoms with Gasteiger partial charge >= 0.3 is 0 Å². The molecule has 1 aliphatic rings. The van der Waals surface area contributed by atoms with Crippen LogP contribution in [0.2, 0.25) is 0 Å². The van der Waals surface area contributed by atoms with Crippen LogP contribution in [0, 0.1) is 11.3 Å². The van der Waals surface area contributed by atoms with Crippen molar-refractivity contribution in [3.05, 3.63) is 29.2 Å². The number of nitriles is 1. The molecule has 1 aromatic rings. The lowest BCUT2D eigenvalue weighted by molar-refractivity contribution is 0.523. The zero-order chi connectivity index (χ0) is 12.3. The van der Waals surface area contributed by atoms with E-state index in [4.69, 9.17) is 5.26 Å². The van der Waals surface area contributed by atoms with Gasteiger partial charge in [-0.05, 0) is 31.4 Å². The lowest BCUT2D eigenvalue weighted by Gasteiger charge is -2.18. The van der Waals surface area contributed by atoms with Gasteiger partial charge in [-0.25, -0.2) is 13.1 Å². The fourth-order valence-electron chi connectivity index (χ4n) is 1.70. The van der Waals surface area contributed by atoms with E-state index in [1.807, 2.05) is 12.1 Å². The van der Waals surface area contributed by atoms with E-state index in [-0.39, 0.29) is 10.3 Å². The van der Waals surface area contributed by atoms with Crippen molar-refractivity contribution in [1.29, 1.82) is 5.26 Å². The topological polar surface area (TPSA) is 70.0 Å². The summed E-state index contributed by atoms with van der Waals surface area (Å²) in [7, 11) is -3.47. The van der Waals surface area contributed by atoms with Crippen LogP contribution in [0.3, 0.4) is 0 Å². The van der Waals surface area contributed by atoms with Crippen LogP contribution < -0.4 is 4.72 Å². The Morgan fingerprint density at radius 3 is 2.82 bits per heavy atom. The van der Waals surface area contributed by atoms with Crippen molar-refractivity contribution in [3.63, 3.8) is 0 Å². The molecule has 1 atom stereocenters. The second-order valence-corrected chi connectivity index (χ2v) is 6.86. The third-order valence-electron chi connectivity index (χ3n) is 2.55. The number of nitrogens with one attached hydrogen (secondary N) is 1. The van der Waals surface area contributed by atoms with Gasteiger partial charge in [0.1, 0.15) is 15.2 Å². The van der Waals surface area contributed by atoms with Gasteiger partial charge in [-0.1, -0.05) is 12.2 Å². The van der Waals surface area contributed by atoms with Crippen molar-refractivity contribution < 1.29 is 8.42 Å². The fourth-order valence-corrected chi connectivity index (χ4v) is 4.11. The van der Waals surface area contributed by atoms with Crippen LogP contribution in [-0.4, -0.2) is 14.5 Å². The van der Waals surface area contributed by atoms with E-state index in [1.165, 1.54) is 12.1 Å². The van der Waals surface area contributed by atoms with E-state index in [2.05, 4.69) is 10.8 Å². The number of nitrogens with zero attached hydrogens (tertiary/aromatic N) is 1. The molecule has 0 saturated heterocycles. The lowest BCUT2D eigenvalue weighted by atomic mass is 10.0. The number of rotatable bonds is 3. The van der Waals surface area contributed by atoms with Crippen molar-refractivity contribution in [2.24, 2.45) is 0 Å². The third-order valence-corrected chi connectivity index (χ3v) is 5.55. The Morgan fingerprint density at radius 2 is 2.24 bits per heavy atom. The predicted molar refractivity (Wildman–Crippen MR) is 66.1 cm³/mol. The third kappa shape index (κ3) is 2.94. The summed E-state index contributed by atoms with van der Waals surface area (Å²) < 4.78 is 26.9. The Hall–Kier alpha value is -1.16. The molecule has 1 heterocycles. The molecule has 0 amide bonds. The summed E-state index contributed by atoms with van der Waals surface area (Å²) >= 11 is 0.999. The molecule has 0 aromatic carbocycles. The maximum Gasteiger partial charge on any atom is 0.250 e. The highest BCUT2D eigenvalue weighted by atomic mass is 32.2. The van der Waals surface area contributed by atoms with Crippen LogP contribution in [0.15, 0.2) is 28.5 Å². The average Bonchev–Trinajstić information content (AvgIpc) is 2.79. The van der Waals surface area contributed by atoms with Crippen molar-refractivity contribution in [3.8, 4) is 6.07 Å². The van der Waals surface area contributed by atoms with Crippen molar-refractivity contribution in [2.75, 3.05) is 0 Å². The molecule has 0 spiro atoms. The number of allylic oxidation sites excluding steroid dienone is 1. The van der Waals surface area contributed by atoms with Crippen LogP contribution in [0.4, 0.5) is 0 Å². The summed E-state index contributed by atoms with van der Waals surface area (Å²) in [4.78, 5) is 0.411. The molecular formula is C11H12N2O2S2. The molecule has 0 bridgehead atoms. The van der Waals surface area contributed by atoms with Gasteiger partial charge in [0.2, 0.25) is 10.0 Å².